The molecule has 0 N–H and O–H groups in total. The van der Waals surface area contributed by atoms with Gasteiger partial charge < -0.3 is 0 Å². The van der Waals surface area contributed by atoms with Gasteiger partial charge in [0.2, 0.25) is 0 Å². The van der Waals surface area contributed by atoms with Gasteiger partial charge in [0.1, 0.15) is 0 Å². The van der Waals surface area contributed by atoms with Gasteiger partial charge in [0, 0.05) is 22.1 Å². The van der Waals surface area contributed by atoms with Gasteiger partial charge in [0.15, 0.2) is 17.5 Å². The number of rotatable bonds is 8. The summed E-state index contributed by atoms with van der Waals surface area (Å²) in [5.41, 5.74) is 14.4. The van der Waals surface area contributed by atoms with Crippen LogP contribution in [0, 0.1) is 41.4 Å². The molecule has 300 valence electrons. The van der Waals surface area contributed by atoms with E-state index >= 15 is 0 Å². The van der Waals surface area contributed by atoms with Crippen LogP contribution in [0.15, 0.2) is 182 Å². The largest absolute Gasteiger partial charge is 0.208 e. The first-order valence-electron chi connectivity index (χ1n) is 23.0. The molecule has 0 amide bonds. The summed E-state index contributed by atoms with van der Waals surface area (Å²) in [6, 6.07) is 66.0. The van der Waals surface area contributed by atoms with Crippen LogP contribution in [-0.4, -0.2) is 15.0 Å². The van der Waals surface area contributed by atoms with Crippen molar-refractivity contribution in [2.75, 3.05) is 0 Å². The van der Waals surface area contributed by atoms with Gasteiger partial charge in [0.05, 0.1) is 0 Å². The lowest BCUT2D eigenvalue weighted by Crippen LogP contribution is -2.69. The van der Waals surface area contributed by atoms with Crippen LogP contribution < -0.4 is 0 Å². The molecular weight excluding hydrogens is 751 g/mol. The molecule has 4 atom stereocenters. The highest BCUT2D eigenvalue weighted by Gasteiger charge is 2.70. The zero-order valence-corrected chi connectivity index (χ0v) is 34.9. The van der Waals surface area contributed by atoms with Crippen LogP contribution in [-0.2, 0) is 5.41 Å². The van der Waals surface area contributed by atoms with Crippen LogP contribution in [0.2, 0.25) is 0 Å². The molecule has 7 aromatic carbocycles. The Kier molecular flexibility index (Phi) is 8.36. The molecule has 3 nitrogen and oxygen atoms in total. The van der Waals surface area contributed by atoms with Crippen molar-refractivity contribution in [1.29, 1.82) is 0 Å². The lowest BCUT2D eigenvalue weighted by Gasteiger charge is -2.74. The lowest BCUT2D eigenvalue weighted by atomic mass is 9.30. The van der Waals surface area contributed by atoms with Crippen molar-refractivity contribution in [3.63, 3.8) is 0 Å². The summed E-state index contributed by atoms with van der Waals surface area (Å²) in [4.78, 5) is 15.4. The molecule has 15 rings (SSSR count). The van der Waals surface area contributed by atoms with Gasteiger partial charge >= 0.3 is 0 Å². The normalized spacial score (nSPS) is 26.2. The number of benzene rings is 7. The smallest absolute Gasteiger partial charge is 0.164 e. The van der Waals surface area contributed by atoms with Crippen LogP contribution in [0.5, 0.6) is 0 Å². The average Bonchev–Trinajstić information content (AvgIpc) is 3.36. The fourth-order valence-corrected chi connectivity index (χ4v) is 14.0. The van der Waals surface area contributed by atoms with E-state index < -0.39 is 0 Å². The topological polar surface area (TPSA) is 38.7 Å². The number of aromatic nitrogens is 3. The van der Waals surface area contributed by atoms with E-state index in [1.807, 2.05) is 36.4 Å². The molecule has 8 aromatic rings. The van der Waals surface area contributed by atoms with Crippen LogP contribution >= 0.6 is 0 Å². The van der Waals surface area contributed by atoms with Crippen molar-refractivity contribution in [2.24, 2.45) is 41.4 Å². The van der Waals surface area contributed by atoms with E-state index in [4.69, 9.17) is 15.0 Å². The molecule has 7 aliphatic carbocycles. The highest BCUT2D eigenvalue weighted by Crippen LogP contribution is 2.76. The van der Waals surface area contributed by atoms with Crippen molar-refractivity contribution >= 4 is 0 Å². The molecule has 1 heterocycles. The molecule has 0 saturated heterocycles. The molecule has 0 radical (unpaired) electrons. The van der Waals surface area contributed by atoms with Crippen LogP contribution in [0.1, 0.15) is 44.1 Å². The minimum Gasteiger partial charge on any atom is -0.208 e. The van der Waals surface area contributed by atoms with Gasteiger partial charge in [-0.15, -0.1) is 0 Å². The van der Waals surface area contributed by atoms with Gasteiger partial charge in [-0.2, -0.15) is 0 Å². The summed E-state index contributed by atoms with van der Waals surface area (Å²) in [6.45, 7) is 0. The molecule has 7 saturated carbocycles. The Morgan fingerprint density at radius 3 is 1.39 bits per heavy atom. The summed E-state index contributed by atoms with van der Waals surface area (Å²) < 4.78 is 0. The van der Waals surface area contributed by atoms with E-state index in [-0.39, 0.29) is 0 Å². The highest BCUT2D eigenvalue weighted by molar-refractivity contribution is 5.88. The van der Waals surface area contributed by atoms with Crippen molar-refractivity contribution in [3.8, 4) is 78.7 Å². The second-order valence-electron chi connectivity index (χ2n) is 19.3. The van der Waals surface area contributed by atoms with E-state index in [0.717, 1.165) is 69.2 Å². The molecule has 62 heavy (non-hydrogen) atoms. The first-order valence-corrected chi connectivity index (χ1v) is 23.0. The lowest BCUT2D eigenvalue weighted by molar-refractivity contribution is -0.220. The maximum atomic E-state index is 5.20. The molecule has 8 bridgehead atoms. The van der Waals surface area contributed by atoms with E-state index in [0.29, 0.717) is 22.9 Å². The van der Waals surface area contributed by atoms with E-state index in [1.165, 1.54) is 65.5 Å². The zero-order chi connectivity index (χ0) is 40.8. The molecule has 4 unspecified atom stereocenters. The summed E-state index contributed by atoms with van der Waals surface area (Å²) >= 11 is 0. The molecule has 0 aliphatic heterocycles. The Bertz CT molecular complexity index is 2880. The van der Waals surface area contributed by atoms with Gasteiger partial charge in [-0.25, -0.2) is 15.0 Å². The summed E-state index contributed by atoms with van der Waals surface area (Å²) in [5.74, 6) is 8.76. The van der Waals surface area contributed by atoms with Crippen molar-refractivity contribution < 1.29 is 0 Å². The molecular formula is C59H49N3. The highest BCUT2D eigenvalue weighted by atomic mass is 15.0. The zero-order valence-electron chi connectivity index (χ0n) is 34.9. The third-order valence-electron chi connectivity index (χ3n) is 16.2. The summed E-state index contributed by atoms with van der Waals surface area (Å²) in [6.07, 6.45) is 9.01. The van der Waals surface area contributed by atoms with Crippen molar-refractivity contribution in [1.82, 2.24) is 15.0 Å². The second-order valence-corrected chi connectivity index (χ2v) is 19.3. The monoisotopic (exact) mass is 799 g/mol. The van der Waals surface area contributed by atoms with E-state index in [1.54, 1.807) is 12.0 Å². The fraction of sp³-hybridized carbons (Fsp3) is 0.237. The number of hydrogen-bond donors (Lipinski definition) is 0. The summed E-state index contributed by atoms with van der Waals surface area (Å²) in [5, 5.41) is 0. The SMILES string of the molecule is c1ccc(-c2nc(-c3ccccc3)nc(-c3cc(-c4cccc(-c5ccc(C67CC8CC9C%10CC(CC96)CC7C%10C8)cc5)c4)cc(-c4ccccc4-c4ccccc4)c3)n2)cc1. The Balaban J connectivity index is 0.927. The predicted molar refractivity (Wildman–Crippen MR) is 252 cm³/mol. The minimum absolute atomic E-state index is 0.424. The van der Waals surface area contributed by atoms with Crippen molar-refractivity contribution in [2.45, 2.75) is 43.9 Å². The van der Waals surface area contributed by atoms with Gasteiger partial charge in [-0.3, -0.25) is 0 Å². The Labute approximate surface area is 365 Å². The van der Waals surface area contributed by atoms with E-state index in [9.17, 15) is 0 Å². The van der Waals surface area contributed by atoms with Crippen LogP contribution in [0.4, 0.5) is 0 Å². The van der Waals surface area contributed by atoms with Crippen LogP contribution in [0.3, 0.4) is 0 Å². The molecule has 3 heteroatoms. The molecule has 7 fully saturated rings. The predicted octanol–water partition coefficient (Wildman–Crippen LogP) is 14.5. The number of nitrogens with zero attached hydrogens (tertiary/aromatic N) is 3. The first-order chi connectivity index (χ1) is 30.6. The second kappa shape index (κ2) is 14.3. The Morgan fingerprint density at radius 2 is 0.774 bits per heavy atom. The quantitative estimate of drug-likeness (QED) is 0.154. The molecule has 0 spiro atoms. The molecule has 1 aromatic heterocycles. The summed E-state index contributed by atoms with van der Waals surface area (Å²) in [7, 11) is 0. The minimum atomic E-state index is 0.424. The maximum Gasteiger partial charge on any atom is 0.164 e. The Hall–Kier alpha value is -6.45. The first kappa shape index (κ1) is 36.2. The third-order valence-corrected chi connectivity index (χ3v) is 16.2. The van der Waals surface area contributed by atoms with Gasteiger partial charge in [-0.05, 0) is 154 Å². The maximum absolute atomic E-state index is 5.20. The Morgan fingerprint density at radius 1 is 0.323 bits per heavy atom. The number of hydrogen-bond acceptors (Lipinski definition) is 3. The van der Waals surface area contributed by atoms with Crippen LogP contribution in [0.25, 0.3) is 78.7 Å². The van der Waals surface area contributed by atoms with Gasteiger partial charge in [-0.1, -0.05) is 158 Å². The van der Waals surface area contributed by atoms with E-state index in [2.05, 4.69) is 146 Å². The third kappa shape index (κ3) is 5.81. The standard InChI is InChI=1S/C59H49N3/c1-4-13-40(14-5-1)49-21-10-11-22-50(49)46-33-45(34-47(35-46)58-61-56(41-15-6-2-7-16-41)60-57(62-58)42-17-8-3-9-18-42)44-20-12-19-43(32-44)39-23-25-48(26-24-39)59-36-38-28-52-51-27-37(30-54(52)59)31-55(59)53(51)29-38/h1-26,32-35,37-38,51-55H,27-31,36H2. The van der Waals surface area contributed by atoms with Crippen molar-refractivity contribution in [3.05, 3.63) is 188 Å². The average molecular weight is 800 g/mol. The fourth-order valence-electron chi connectivity index (χ4n) is 14.0. The molecule has 7 aliphatic rings. The van der Waals surface area contributed by atoms with Gasteiger partial charge in [0.25, 0.3) is 0 Å².